The summed E-state index contributed by atoms with van der Waals surface area (Å²) in [5, 5.41) is 0. The summed E-state index contributed by atoms with van der Waals surface area (Å²) in [5.41, 5.74) is 3.78. The highest BCUT2D eigenvalue weighted by Gasteiger charge is 2.37. The smallest absolute Gasteiger partial charge is 0.377 e. The van der Waals surface area contributed by atoms with Crippen molar-refractivity contribution in [1.82, 2.24) is 0 Å². The molecule has 0 saturated carbocycles. The normalized spacial score (nSPS) is 12.8. The summed E-state index contributed by atoms with van der Waals surface area (Å²) in [6.45, 7) is 3.83. The molecule has 0 aromatic heterocycles. The average Bonchev–Trinajstić information content (AvgIpc) is 2.70. The van der Waals surface area contributed by atoms with Gasteiger partial charge in [0.15, 0.2) is 0 Å². The summed E-state index contributed by atoms with van der Waals surface area (Å²) in [4.78, 5) is 0. The molecule has 0 heterocycles. The topological polar surface area (TPSA) is 27.7 Å². The van der Waals surface area contributed by atoms with Crippen molar-refractivity contribution in [3.8, 4) is 0 Å². The minimum absolute atomic E-state index is 0.345. The van der Waals surface area contributed by atoms with Gasteiger partial charge in [-0.3, -0.25) is 0 Å². The van der Waals surface area contributed by atoms with Gasteiger partial charge in [-0.1, -0.05) is 67.3 Å². The lowest BCUT2D eigenvalue weighted by Crippen LogP contribution is -2.42. The van der Waals surface area contributed by atoms with Crippen LogP contribution in [0.25, 0.3) is 6.08 Å². The van der Waals surface area contributed by atoms with Crippen molar-refractivity contribution in [2.24, 2.45) is 0 Å². The number of benzene rings is 2. The molecule has 3 nitrogen and oxygen atoms in total. The van der Waals surface area contributed by atoms with Crippen LogP contribution in [-0.2, 0) is 13.3 Å². The highest BCUT2D eigenvalue weighted by atomic mass is 28.4. The van der Waals surface area contributed by atoms with Crippen molar-refractivity contribution in [2.45, 2.75) is 24.8 Å². The van der Waals surface area contributed by atoms with Crippen molar-refractivity contribution < 1.29 is 13.3 Å². The average molecular weight is 357 g/mol. The Morgan fingerprint density at radius 1 is 0.880 bits per heavy atom. The van der Waals surface area contributed by atoms with Crippen LogP contribution in [0.1, 0.15) is 35.4 Å². The fourth-order valence-corrected chi connectivity index (χ4v) is 4.90. The first-order valence-electron chi connectivity index (χ1n) is 8.61. The van der Waals surface area contributed by atoms with Gasteiger partial charge >= 0.3 is 8.80 Å². The van der Waals surface area contributed by atoms with Crippen LogP contribution in [0.3, 0.4) is 0 Å². The third-order valence-electron chi connectivity index (χ3n) is 4.69. The van der Waals surface area contributed by atoms with Crippen molar-refractivity contribution in [2.75, 3.05) is 21.3 Å². The Hall–Kier alpha value is -1.72. The molecular formula is C21H28O3Si. The van der Waals surface area contributed by atoms with Crippen LogP contribution in [0.5, 0.6) is 0 Å². The first kappa shape index (κ1) is 19.6. The second kappa shape index (κ2) is 9.68. The zero-order valence-corrected chi connectivity index (χ0v) is 16.4. The van der Waals surface area contributed by atoms with E-state index in [9.17, 15) is 0 Å². The zero-order chi connectivity index (χ0) is 18.1. The first-order valence-corrected chi connectivity index (χ1v) is 10.5. The lowest BCUT2D eigenvalue weighted by molar-refractivity contribution is 0.122. The van der Waals surface area contributed by atoms with Gasteiger partial charge in [0.05, 0.1) is 0 Å². The van der Waals surface area contributed by atoms with E-state index in [2.05, 4.69) is 61.2 Å². The lowest BCUT2D eigenvalue weighted by atomic mass is 9.87. The van der Waals surface area contributed by atoms with Gasteiger partial charge in [0.2, 0.25) is 0 Å². The SMILES string of the molecule is C=Cc1ccc(C(CCC[Si](OC)(OC)OC)c2ccccc2)cc1. The van der Waals surface area contributed by atoms with Crippen LogP contribution < -0.4 is 0 Å². The Labute approximate surface area is 152 Å². The molecule has 0 aliphatic heterocycles. The van der Waals surface area contributed by atoms with E-state index >= 15 is 0 Å². The van der Waals surface area contributed by atoms with Gasteiger partial charge in [0, 0.05) is 33.3 Å². The van der Waals surface area contributed by atoms with Gasteiger partial charge in [-0.15, -0.1) is 0 Å². The van der Waals surface area contributed by atoms with Gasteiger partial charge in [0.25, 0.3) is 0 Å². The van der Waals surface area contributed by atoms with Gasteiger partial charge in [-0.25, -0.2) is 0 Å². The predicted octanol–water partition coefficient (Wildman–Crippen LogP) is 5.12. The summed E-state index contributed by atoms with van der Waals surface area (Å²) in [5.74, 6) is 0.345. The number of rotatable bonds is 10. The van der Waals surface area contributed by atoms with Crippen LogP contribution in [0.4, 0.5) is 0 Å². The predicted molar refractivity (Wildman–Crippen MR) is 106 cm³/mol. The van der Waals surface area contributed by atoms with E-state index in [-0.39, 0.29) is 0 Å². The monoisotopic (exact) mass is 356 g/mol. The van der Waals surface area contributed by atoms with Gasteiger partial charge in [-0.2, -0.15) is 0 Å². The van der Waals surface area contributed by atoms with Crippen LogP contribution in [0, 0.1) is 0 Å². The van der Waals surface area contributed by atoms with E-state index in [0.717, 1.165) is 24.4 Å². The van der Waals surface area contributed by atoms with E-state index in [1.807, 2.05) is 6.08 Å². The minimum Gasteiger partial charge on any atom is -0.377 e. The third-order valence-corrected chi connectivity index (χ3v) is 7.52. The van der Waals surface area contributed by atoms with Crippen molar-refractivity contribution in [3.63, 3.8) is 0 Å². The molecule has 0 fully saturated rings. The van der Waals surface area contributed by atoms with Crippen molar-refractivity contribution in [3.05, 3.63) is 77.9 Å². The molecule has 1 atom stereocenters. The molecule has 0 radical (unpaired) electrons. The molecule has 0 N–H and O–H groups in total. The highest BCUT2D eigenvalue weighted by molar-refractivity contribution is 6.60. The molecule has 1 unspecified atom stereocenters. The Bertz CT molecular complexity index is 628. The van der Waals surface area contributed by atoms with Crippen LogP contribution in [-0.4, -0.2) is 30.1 Å². The maximum atomic E-state index is 5.54. The fraction of sp³-hybridized carbons (Fsp3) is 0.333. The largest absolute Gasteiger partial charge is 0.500 e. The van der Waals surface area contributed by atoms with Gasteiger partial charge in [-0.05, 0) is 29.5 Å². The summed E-state index contributed by atoms with van der Waals surface area (Å²) in [6, 6.07) is 20.1. The Morgan fingerprint density at radius 2 is 1.44 bits per heavy atom. The molecule has 2 rings (SSSR count). The van der Waals surface area contributed by atoms with Gasteiger partial charge < -0.3 is 13.3 Å². The standard InChI is InChI=1S/C21H28O3Si/c1-5-18-13-15-20(16-14-18)21(19-10-7-6-8-11-19)12-9-17-25(22-2,23-3)24-4/h5-8,10-11,13-16,21H,1,9,12,17H2,2-4H3. The zero-order valence-electron chi connectivity index (χ0n) is 15.4. The molecule has 0 bridgehead atoms. The summed E-state index contributed by atoms with van der Waals surface area (Å²) >= 11 is 0. The number of hydrogen-bond acceptors (Lipinski definition) is 3. The van der Waals surface area contributed by atoms with Crippen LogP contribution in [0.15, 0.2) is 61.2 Å². The summed E-state index contributed by atoms with van der Waals surface area (Å²) < 4.78 is 16.6. The van der Waals surface area contributed by atoms with E-state index in [4.69, 9.17) is 13.3 Å². The quantitative estimate of drug-likeness (QED) is 0.553. The molecule has 0 saturated heterocycles. The third kappa shape index (κ3) is 5.12. The van der Waals surface area contributed by atoms with Crippen LogP contribution in [0.2, 0.25) is 6.04 Å². The highest BCUT2D eigenvalue weighted by Crippen LogP contribution is 2.31. The molecule has 0 aliphatic rings. The van der Waals surface area contributed by atoms with Gasteiger partial charge in [0.1, 0.15) is 0 Å². The fourth-order valence-electron chi connectivity index (χ4n) is 3.15. The van der Waals surface area contributed by atoms with E-state index in [1.54, 1.807) is 21.3 Å². The Balaban J connectivity index is 2.16. The van der Waals surface area contributed by atoms with Crippen molar-refractivity contribution in [1.29, 1.82) is 0 Å². The second-order valence-corrected chi connectivity index (χ2v) is 9.11. The molecule has 0 aliphatic carbocycles. The summed E-state index contributed by atoms with van der Waals surface area (Å²) in [7, 11) is 2.49. The molecular weight excluding hydrogens is 328 g/mol. The molecule has 25 heavy (non-hydrogen) atoms. The van der Waals surface area contributed by atoms with Crippen LogP contribution >= 0.6 is 0 Å². The molecule has 2 aromatic rings. The van der Waals surface area contributed by atoms with E-state index in [0.29, 0.717) is 5.92 Å². The summed E-state index contributed by atoms with van der Waals surface area (Å²) in [6.07, 6.45) is 3.86. The first-order chi connectivity index (χ1) is 12.2. The molecule has 0 spiro atoms. The second-order valence-electron chi connectivity index (χ2n) is 6.02. The molecule has 134 valence electrons. The Morgan fingerprint density at radius 3 is 1.96 bits per heavy atom. The maximum absolute atomic E-state index is 5.54. The maximum Gasteiger partial charge on any atom is 0.500 e. The minimum atomic E-state index is -2.51. The Kier molecular flexibility index (Phi) is 7.59. The van der Waals surface area contributed by atoms with E-state index < -0.39 is 8.80 Å². The van der Waals surface area contributed by atoms with E-state index in [1.165, 1.54) is 11.1 Å². The number of hydrogen-bond donors (Lipinski definition) is 0. The van der Waals surface area contributed by atoms with Crippen molar-refractivity contribution >= 4 is 14.9 Å². The molecule has 2 aromatic carbocycles. The molecule has 4 heteroatoms. The lowest BCUT2D eigenvalue weighted by Gasteiger charge is -2.25. The molecule has 0 amide bonds.